The lowest BCUT2D eigenvalue weighted by molar-refractivity contribution is 0.438. The van der Waals surface area contributed by atoms with Gasteiger partial charge in [0.1, 0.15) is 5.82 Å². The predicted molar refractivity (Wildman–Crippen MR) is 121 cm³/mol. The Morgan fingerprint density at radius 1 is 1.03 bits per heavy atom. The molecular weight excluding hydrogens is 409 g/mol. The fourth-order valence-electron chi connectivity index (χ4n) is 3.42. The summed E-state index contributed by atoms with van der Waals surface area (Å²) in [7, 11) is 0. The Bertz CT molecular complexity index is 1470. The monoisotopic (exact) mass is 427 g/mol. The molecule has 3 aromatic carbocycles. The molecule has 0 atom stereocenters. The number of hydrogen-bond donors (Lipinski definition) is 1. The Morgan fingerprint density at radius 2 is 1.84 bits per heavy atom. The summed E-state index contributed by atoms with van der Waals surface area (Å²) in [5.74, 6) is -0.255. The van der Waals surface area contributed by atoms with Crippen molar-refractivity contribution in [3.63, 3.8) is 0 Å². The quantitative estimate of drug-likeness (QED) is 0.527. The highest BCUT2D eigenvalue weighted by Crippen LogP contribution is 2.25. The highest BCUT2D eigenvalue weighted by molar-refractivity contribution is 7.10. The van der Waals surface area contributed by atoms with E-state index < -0.39 is 0 Å². The summed E-state index contributed by atoms with van der Waals surface area (Å²) < 4.78 is 15.1. The standard InChI is InChI=1S/C25H18FN3OS/c26-20-7-9-21(10-8-20)29-24(30)23(15-18-6-11-22-19(14-18)12-13-27-22)31-25(29)28-16-17-4-2-1-3-5-17/h1-15,30H,16H2. The smallest absolute Gasteiger partial charge is 0.215 e. The number of nitrogens with zero attached hydrogens (tertiary/aromatic N) is 3. The zero-order valence-corrected chi connectivity index (χ0v) is 17.3. The van der Waals surface area contributed by atoms with Crippen molar-refractivity contribution in [3.05, 3.63) is 116 Å². The van der Waals surface area contributed by atoms with E-state index in [1.54, 1.807) is 22.9 Å². The molecule has 0 amide bonds. The normalized spacial score (nSPS) is 13.5. The molecule has 5 rings (SSSR count). The van der Waals surface area contributed by atoms with E-state index in [0.29, 0.717) is 21.9 Å². The zero-order valence-electron chi connectivity index (χ0n) is 16.4. The third kappa shape index (κ3) is 3.98. The van der Waals surface area contributed by atoms with Crippen LogP contribution in [0.4, 0.5) is 4.39 Å². The lowest BCUT2D eigenvalue weighted by Gasteiger charge is -2.05. The van der Waals surface area contributed by atoms with Crippen molar-refractivity contribution in [1.82, 2.24) is 4.57 Å². The minimum atomic E-state index is -0.328. The highest BCUT2D eigenvalue weighted by Gasteiger charge is 2.13. The minimum absolute atomic E-state index is 0.0733. The van der Waals surface area contributed by atoms with Gasteiger partial charge in [-0.05, 0) is 59.3 Å². The molecule has 6 heteroatoms. The summed E-state index contributed by atoms with van der Waals surface area (Å²) in [4.78, 5) is 10.3. The van der Waals surface area contributed by atoms with Gasteiger partial charge in [-0.1, -0.05) is 47.7 Å². The van der Waals surface area contributed by atoms with E-state index in [4.69, 9.17) is 4.99 Å². The van der Waals surface area contributed by atoms with Crippen molar-refractivity contribution < 1.29 is 9.50 Å². The van der Waals surface area contributed by atoms with Gasteiger partial charge in [0.25, 0.3) is 0 Å². The van der Waals surface area contributed by atoms with Gasteiger partial charge in [0.15, 0.2) is 4.80 Å². The van der Waals surface area contributed by atoms with Crippen molar-refractivity contribution in [2.75, 3.05) is 0 Å². The topological polar surface area (TPSA) is 49.9 Å². The summed E-state index contributed by atoms with van der Waals surface area (Å²) in [6.07, 6.45) is 5.66. The molecule has 0 saturated heterocycles. The van der Waals surface area contributed by atoms with E-state index in [0.717, 1.165) is 21.7 Å². The van der Waals surface area contributed by atoms with Gasteiger partial charge < -0.3 is 5.11 Å². The van der Waals surface area contributed by atoms with Crippen LogP contribution in [0.5, 0.6) is 5.88 Å². The molecule has 1 aliphatic heterocycles. The minimum Gasteiger partial charge on any atom is -0.493 e. The summed E-state index contributed by atoms with van der Waals surface area (Å²) >= 11 is 1.39. The Labute approximate surface area is 181 Å². The van der Waals surface area contributed by atoms with Crippen LogP contribution in [-0.4, -0.2) is 9.67 Å². The number of halogens is 1. The van der Waals surface area contributed by atoms with Crippen LogP contribution >= 0.6 is 11.3 Å². The van der Waals surface area contributed by atoms with Gasteiger partial charge in [0.05, 0.1) is 22.5 Å². The van der Waals surface area contributed by atoms with Crippen LogP contribution in [0.2, 0.25) is 0 Å². The molecule has 4 aromatic rings. The van der Waals surface area contributed by atoms with Crippen LogP contribution in [-0.2, 0) is 6.54 Å². The summed E-state index contributed by atoms with van der Waals surface area (Å²) in [5, 5.41) is 12.9. The van der Waals surface area contributed by atoms with Crippen LogP contribution < -0.4 is 15.4 Å². The number of aromatic hydroxyl groups is 1. The van der Waals surface area contributed by atoms with E-state index in [1.807, 2.05) is 60.7 Å². The second-order valence-electron chi connectivity index (χ2n) is 7.09. The molecule has 1 aliphatic rings. The first kappa shape index (κ1) is 19.2. The molecule has 2 heterocycles. The van der Waals surface area contributed by atoms with E-state index in [-0.39, 0.29) is 11.7 Å². The van der Waals surface area contributed by atoms with Crippen LogP contribution in [0.25, 0.3) is 17.8 Å². The Morgan fingerprint density at radius 3 is 2.65 bits per heavy atom. The van der Waals surface area contributed by atoms with Gasteiger partial charge in [0, 0.05) is 11.8 Å². The lowest BCUT2D eigenvalue weighted by atomic mass is 10.2. The van der Waals surface area contributed by atoms with Crippen molar-refractivity contribution in [3.8, 4) is 11.6 Å². The van der Waals surface area contributed by atoms with E-state index in [1.165, 1.54) is 23.5 Å². The first-order valence-electron chi connectivity index (χ1n) is 9.79. The maximum Gasteiger partial charge on any atom is 0.215 e. The van der Waals surface area contributed by atoms with E-state index in [9.17, 15) is 9.50 Å². The molecule has 31 heavy (non-hydrogen) atoms. The second-order valence-corrected chi connectivity index (χ2v) is 8.10. The molecular formula is C25H18FN3OS. The number of benzene rings is 3. The summed E-state index contributed by atoms with van der Waals surface area (Å²) in [6, 6.07) is 21.9. The average molecular weight is 428 g/mol. The maximum atomic E-state index is 13.5. The largest absolute Gasteiger partial charge is 0.493 e. The molecule has 1 N–H and O–H groups in total. The van der Waals surface area contributed by atoms with Crippen molar-refractivity contribution in [2.45, 2.75) is 6.54 Å². The van der Waals surface area contributed by atoms with Crippen LogP contribution in [0.15, 0.2) is 89.0 Å². The molecule has 4 nitrogen and oxygen atoms in total. The molecule has 0 unspecified atom stereocenters. The van der Waals surface area contributed by atoms with Gasteiger partial charge in [-0.2, -0.15) is 0 Å². The Balaban J connectivity index is 1.64. The van der Waals surface area contributed by atoms with Crippen LogP contribution in [0, 0.1) is 5.82 Å². The van der Waals surface area contributed by atoms with Crippen LogP contribution in [0.1, 0.15) is 16.0 Å². The van der Waals surface area contributed by atoms with Gasteiger partial charge in [-0.15, -0.1) is 0 Å². The number of aromatic nitrogens is 1. The number of rotatable bonds is 4. The molecule has 0 fully saturated rings. The van der Waals surface area contributed by atoms with Gasteiger partial charge >= 0.3 is 0 Å². The second kappa shape index (κ2) is 8.16. The Kier molecular flexibility index (Phi) is 5.06. The van der Waals surface area contributed by atoms with Gasteiger partial charge in [-0.25, -0.2) is 4.39 Å². The average Bonchev–Trinajstić information content (AvgIpc) is 3.38. The Hall–Kier alpha value is -3.77. The predicted octanol–water partition coefficient (Wildman–Crippen LogP) is 3.92. The fourth-order valence-corrected chi connectivity index (χ4v) is 4.40. The molecule has 0 spiro atoms. The zero-order chi connectivity index (χ0) is 21.2. The third-order valence-corrected chi connectivity index (χ3v) is 5.98. The van der Waals surface area contributed by atoms with E-state index in [2.05, 4.69) is 4.99 Å². The molecule has 0 aliphatic carbocycles. The van der Waals surface area contributed by atoms with Crippen molar-refractivity contribution >= 4 is 23.5 Å². The number of fused-ring (bicyclic) bond motifs is 1. The van der Waals surface area contributed by atoms with Gasteiger partial charge in [0.2, 0.25) is 5.88 Å². The van der Waals surface area contributed by atoms with Crippen LogP contribution in [0.3, 0.4) is 0 Å². The molecule has 0 bridgehead atoms. The summed E-state index contributed by atoms with van der Waals surface area (Å²) in [6.45, 7) is 0.479. The first-order chi connectivity index (χ1) is 15.2. The van der Waals surface area contributed by atoms with Crippen molar-refractivity contribution in [1.29, 1.82) is 0 Å². The SMILES string of the molecule is Oc1c(C=c2ccc3c(c2)C=CN=3)sc(=NCc2ccccc2)n1-c1ccc(F)cc1. The first-order valence-corrected chi connectivity index (χ1v) is 10.6. The highest BCUT2D eigenvalue weighted by atomic mass is 32.1. The molecule has 1 aromatic heterocycles. The molecule has 152 valence electrons. The summed E-state index contributed by atoms with van der Waals surface area (Å²) in [5.41, 5.74) is 2.77. The lowest BCUT2D eigenvalue weighted by Crippen LogP contribution is -2.12. The molecule has 0 radical (unpaired) electrons. The number of thiazole rings is 1. The third-order valence-electron chi connectivity index (χ3n) is 4.97. The molecule has 0 saturated carbocycles. The van der Waals surface area contributed by atoms with Crippen molar-refractivity contribution in [2.24, 2.45) is 9.98 Å². The van der Waals surface area contributed by atoms with Gasteiger partial charge in [-0.3, -0.25) is 14.6 Å². The fraction of sp³-hybridized carbons (Fsp3) is 0.0400. The maximum absolute atomic E-state index is 13.5. The van der Waals surface area contributed by atoms with E-state index >= 15 is 0 Å². The number of hydrogen-bond acceptors (Lipinski definition) is 4.